The van der Waals surface area contributed by atoms with E-state index >= 15 is 0 Å². The molecule has 3 aromatic rings. The van der Waals surface area contributed by atoms with Crippen LogP contribution in [0.15, 0.2) is 54.6 Å². The zero-order valence-electron chi connectivity index (χ0n) is 14.3. The van der Waals surface area contributed by atoms with Crippen molar-refractivity contribution in [1.82, 2.24) is 9.78 Å². The maximum absolute atomic E-state index is 13.7. The minimum absolute atomic E-state index is 0.0283. The van der Waals surface area contributed by atoms with Crippen LogP contribution < -0.4 is 0 Å². The number of halogens is 3. The van der Waals surface area contributed by atoms with Gasteiger partial charge in [-0.15, -0.1) is 5.10 Å². The average Bonchev–Trinajstić information content (AvgIpc) is 2.91. The maximum atomic E-state index is 13.7. The van der Waals surface area contributed by atoms with Gasteiger partial charge in [-0.2, -0.15) is 13.2 Å². The van der Waals surface area contributed by atoms with E-state index in [1.165, 1.54) is 0 Å². The van der Waals surface area contributed by atoms with Gasteiger partial charge in [-0.3, -0.25) is 4.68 Å². The van der Waals surface area contributed by atoms with Crippen molar-refractivity contribution in [3.8, 4) is 5.88 Å². The molecule has 3 nitrogen and oxygen atoms in total. The van der Waals surface area contributed by atoms with Gasteiger partial charge < -0.3 is 5.11 Å². The van der Waals surface area contributed by atoms with Crippen molar-refractivity contribution in [3.05, 3.63) is 82.5 Å². The van der Waals surface area contributed by atoms with Crippen molar-refractivity contribution < 1.29 is 18.3 Å². The molecule has 0 unspecified atom stereocenters. The molecule has 26 heavy (non-hydrogen) atoms. The molecule has 0 fully saturated rings. The lowest BCUT2D eigenvalue weighted by Crippen LogP contribution is -2.17. The third kappa shape index (κ3) is 3.90. The number of aryl methyl sites for hydroxylation is 1. The van der Waals surface area contributed by atoms with Crippen LogP contribution >= 0.6 is 0 Å². The fourth-order valence-corrected chi connectivity index (χ4v) is 2.93. The largest absolute Gasteiger partial charge is 0.492 e. The second kappa shape index (κ2) is 7.23. The Labute approximate surface area is 149 Å². The summed E-state index contributed by atoms with van der Waals surface area (Å²) in [7, 11) is 0. The molecule has 6 heteroatoms. The van der Waals surface area contributed by atoms with E-state index in [0.29, 0.717) is 11.1 Å². The van der Waals surface area contributed by atoms with Crippen molar-refractivity contribution in [2.24, 2.45) is 0 Å². The van der Waals surface area contributed by atoms with Crippen LogP contribution in [0.4, 0.5) is 13.2 Å². The third-order valence-corrected chi connectivity index (χ3v) is 4.29. The molecular weight excluding hydrogens is 341 g/mol. The Morgan fingerprint density at radius 2 is 1.54 bits per heavy atom. The van der Waals surface area contributed by atoms with Gasteiger partial charge in [-0.1, -0.05) is 61.5 Å². The average molecular weight is 360 g/mol. The number of aromatic nitrogens is 2. The van der Waals surface area contributed by atoms with Gasteiger partial charge in [0.15, 0.2) is 0 Å². The molecule has 0 radical (unpaired) electrons. The highest BCUT2D eigenvalue weighted by atomic mass is 19.4. The first-order valence-electron chi connectivity index (χ1n) is 8.36. The maximum Gasteiger partial charge on any atom is 0.433 e. The van der Waals surface area contributed by atoms with Crippen LogP contribution in [-0.4, -0.2) is 14.9 Å². The zero-order chi connectivity index (χ0) is 18.7. The van der Waals surface area contributed by atoms with Crippen LogP contribution in [0.1, 0.15) is 34.9 Å². The summed E-state index contributed by atoms with van der Waals surface area (Å²) in [6, 6.07) is 16.1. The summed E-state index contributed by atoms with van der Waals surface area (Å²) in [6.45, 7) is 1.95. The number of benzene rings is 2. The SMILES string of the molecule is CCc1ccc(Cc2c(O)nn(Cc3ccccc3)c2C(F)(F)F)cc1. The van der Waals surface area contributed by atoms with Crippen LogP contribution in [0.5, 0.6) is 5.88 Å². The first kappa shape index (κ1) is 18.0. The molecule has 1 heterocycles. The molecule has 0 atom stereocenters. The molecular formula is C20H19F3N2O. The van der Waals surface area contributed by atoms with Crippen LogP contribution in [0.3, 0.4) is 0 Å². The number of hydrogen-bond acceptors (Lipinski definition) is 2. The van der Waals surface area contributed by atoms with Gasteiger partial charge in [0.1, 0.15) is 5.69 Å². The summed E-state index contributed by atoms with van der Waals surface area (Å²) in [4.78, 5) is 0. The van der Waals surface area contributed by atoms with Crippen LogP contribution in [0, 0.1) is 0 Å². The van der Waals surface area contributed by atoms with Crippen LogP contribution in [0.25, 0.3) is 0 Å². The summed E-state index contributed by atoms with van der Waals surface area (Å²) in [5.74, 6) is -0.576. The van der Waals surface area contributed by atoms with Gasteiger partial charge in [0, 0.05) is 6.42 Å². The Hall–Kier alpha value is -2.76. The van der Waals surface area contributed by atoms with Crippen molar-refractivity contribution in [2.75, 3.05) is 0 Å². The molecule has 0 spiro atoms. The molecule has 0 saturated heterocycles. The zero-order valence-corrected chi connectivity index (χ0v) is 14.3. The Morgan fingerprint density at radius 1 is 0.923 bits per heavy atom. The molecule has 2 aromatic carbocycles. The summed E-state index contributed by atoms with van der Waals surface area (Å²) < 4.78 is 41.9. The predicted octanol–water partition coefficient (Wildman–Crippen LogP) is 4.81. The highest BCUT2D eigenvalue weighted by molar-refractivity contribution is 5.38. The normalized spacial score (nSPS) is 11.7. The van der Waals surface area contributed by atoms with Gasteiger partial charge in [-0.05, 0) is 23.1 Å². The van der Waals surface area contributed by atoms with E-state index < -0.39 is 17.8 Å². The smallest absolute Gasteiger partial charge is 0.433 e. The van der Waals surface area contributed by atoms with Gasteiger partial charge >= 0.3 is 6.18 Å². The minimum Gasteiger partial charge on any atom is -0.492 e. The Balaban J connectivity index is 1.98. The van der Waals surface area contributed by atoms with E-state index in [1.807, 2.05) is 19.1 Å². The predicted molar refractivity (Wildman–Crippen MR) is 93.1 cm³/mol. The molecule has 0 amide bonds. The summed E-state index contributed by atoms with van der Waals surface area (Å²) >= 11 is 0. The van der Waals surface area contributed by atoms with Gasteiger partial charge in [-0.25, -0.2) is 0 Å². The molecule has 0 saturated carbocycles. The van der Waals surface area contributed by atoms with Crippen LogP contribution in [0.2, 0.25) is 0 Å². The number of aromatic hydroxyl groups is 1. The van der Waals surface area contributed by atoms with Crippen molar-refractivity contribution >= 4 is 0 Å². The number of nitrogens with zero attached hydrogens (tertiary/aromatic N) is 2. The van der Waals surface area contributed by atoms with E-state index in [2.05, 4.69) is 5.10 Å². The summed E-state index contributed by atoms with van der Waals surface area (Å²) in [6.07, 6.45) is -3.78. The Kier molecular flexibility index (Phi) is 5.02. The lowest BCUT2D eigenvalue weighted by molar-refractivity contribution is -0.144. The first-order valence-corrected chi connectivity index (χ1v) is 8.36. The molecule has 0 aliphatic heterocycles. The number of hydrogen-bond donors (Lipinski definition) is 1. The summed E-state index contributed by atoms with van der Waals surface area (Å²) in [5, 5.41) is 13.8. The molecule has 136 valence electrons. The fraction of sp³-hybridized carbons (Fsp3) is 0.250. The fourth-order valence-electron chi connectivity index (χ4n) is 2.93. The molecule has 1 aromatic heterocycles. The topological polar surface area (TPSA) is 38.1 Å². The number of alkyl halides is 3. The first-order chi connectivity index (χ1) is 12.4. The van der Waals surface area contributed by atoms with E-state index in [0.717, 1.165) is 16.7 Å². The van der Waals surface area contributed by atoms with E-state index in [-0.39, 0.29) is 18.5 Å². The van der Waals surface area contributed by atoms with E-state index in [1.54, 1.807) is 42.5 Å². The minimum atomic E-state index is -4.61. The highest BCUT2D eigenvalue weighted by Gasteiger charge is 2.40. The van der Waals surface area contributed by atoms with E-state index in [4.69, 9.17) is 0 Å². The summed E-state index contributed by atoms with van der Waals surface area (Å²) in [5.41, 5.74) is 1.38. The molecule has 3 rings (SSSR count). The van der Waals surface area contributed by atoms with Gasteiger partial charge in [0.2, 0.25) is 5.88 Å². The monoisotopic (exact) mass is 360 g/mol. The van der Waals surface area contributed by atoms with Crippen molar-refractivity contribution in [3.63, 3.8) is 0 Å². The Morgan fingerprint density at radius 3 is 2.12 bits per heavy atom. The van der Waals surface area contributed by atoms with Crippen LogP contribution in [-0.2, 0) is 25.6 Å². The number of rotatable bonds is 5. The molecule has 1 N–H and O–H groups in total. The second-order valence-corrected chi connectivity index (χ2v) is 6.14. The lowest BCUT2D eigenvalue weighted by atomic mass is 10.0. The van der Waals surface area contributed by atoms with Gasteiger partial charge in [0.25, 0.3) is 0 Å². The molecule has 0 aliphatic rings. The van der Waals surface area contributed by atoms with Crippen molar-refractivity contribution in [1.29, 1.82) is 0 Å². The van der Waals surface area contributed by atoms with Gasteiger partial charge in [0.05, 0.1) is 12.1 Å². The quantitative estimate of drug-likeness (QED) is 0.709. The van der Waals surface area contributed by atoms with E-state index in [9.17, 15) is 18.3 Å². The second-order valence-electron chi connectivity index (χ2n) is 6.14. The lowest BCUT2D eigenvalue weighted by Gasteiger charge is -2.13. The Bertz CT molecular complexity index is 869. The highest BCUT2D eigenvalue weighted by Crippen LogP contribution is 2.37. The third-order valence-electron chi connectivity index (χ3n) is 4.29. The molecule has 0 aliphatic carbocycles. The van der Waals surface area contributed by atoms with Crippen molar-refractivity contribution in [2.45, 2.75) is 32.5 Å². The standard InChI is InChI=1S/C20H19F3N2O/c1-2-14-8-10-15(11-9-14)12-17-18(20(21,22)23)25(24-19(17)26)13-16-6-4-3-5-7-16/h3-11H,2,12-13H2,1H3,(H,24,26). The molecule has 0 bridgehead atoms.